The Hall–Kier alpha value is -1.30. The molecular weight excluding hydrogens is 202 g/mol. The monoisotopic (exact) mass is 217 g/mol. The van der Waals surface area contributed by atoms with Crippen LogP contribution < -0.4 is 0 Å². The number of carbonyl (C=O) groups is 2. The van der Waals surface area contributed by atoms with E-state index < -0.39 is 24.1 Å². The number of aliphatic hydroxyl groups excluding tert-OH is 1. The molecule has 0 spiro atoms. The molecular formula is C9H15NO5. The van der Waals surface area contributed by atoms with E-state index in [0.717, 1.165) is 4.90 Å². The van der Waals surface area contributed by atoms with Gasteiger partial charge in [0.15, 0.2) is 0 Å². The number of ether oxygens (including phenoxy) is 1. The summed E-state index contributed by atoms with van der Waals surface area (Å²) in [5.74, 6) is -1.29. The molecule has 1 rings (SSSR count). The zero-order valence-electron chi connectivity index (χ0n) is 8.55. The van der Waals surface area contributed by atoms with Crippen molar-refractivity contribution in [2.24, 2.45) is 5.92 Å². The average molecular weight is 217 g/mol. The van der Waals surface area contributed by atoms with Crippen LogP contribution >= 0.6 is 0 Å². The van der Waals surface area contributed by atoms with E-state index in [1.165, 1.54) is 0 Å². The van der Waals surface area contributed by atoms with Crippen LogP contribution in [0.3, 0.4) is 0 Å². The summed E-state index contributed by atoms with van der Waals surface area (Å²) in [4.78, 5) is 23.2. The summed E-state index contributed by atoms with van der Waals surface area (Å²) in [6.07, 6.45) is -1.61. The first-order chi connectivity index (χ1) is 7.06. The molecule has 1 amide bonds. The molecule has 1 aliphatic heterocycles. The van der Waals surface area contributed by atoms with Gasteiger partial charge in [-0.05, 0) is 13.3 Å². The van der Waals surface area contributed by atoms with Gasteiger partial charge < -0.3 is 19.8 Å². The van der Waals surface area contributed by atoms with Crippen LogP contribution in [0.25, 0.3) is 0 Å². The number of nitrogens with zero attached hydrogens (tertiary/aromatic N) is 1. The minimum absolute atomic E-state index is 0.00926. The second-order valence-electron chi connectivity index (χ2n) is 3.44. The number of esters is 1. The van der Waals surface area contributed by atoms with Gasteiger partial charge in [0.25, 0.3) is 0 Å². The number of carboxylic acid groups (broad SMARTS) is 1. The minimum Gasteiger partial charge on any atom is -0.466 e. The van der Waals surface area contributed by atoms with Crippen LogP contribution in [0.15, 0.2) is 0 Å². The van der Waals surface area contributed by atoms with Gasteiger partial charge in [0.1, 0.15) is 5.92 Å². The van der Waals surface area contributed by atoms with Gasteiger partial charge in [0.2, 0.25) is 0 Å². The fraction of sp³-hybridized carbons (Fsp3) is 0.778. The lowest BCUT2D eigenvalue weighted by molar-refractivity contribution is -0.154. The first-order valence-corrected chi connectivity index (χ1v) is 4.88. The molecule has 0 saturated carbocycles. The van der Waals surface area contributed by atoms with Crippen molar-refractivity contribution < 1.29 is 24.5 Å². The molecule has 86 valence electrons. The first-order valence-electron chi connectivity index (χ1n) is 4.88. The van der Waals surface area contributed by atoms with Crippen LogP contribution in [0.1, 0.15) is 13.3 Å². The van der Waals surface area contributed by atoms with Gasteiger partial charge in [-0.1, -0.05) is 0 Å². The number of likely N-dealkylation sites (tertiary alicyclic amines) is 1. The summed E-state index contributed by atoms with van der Waals surface area (Å²) in [6.45, 7) is 2.17. The van der Waals surface area contributed by atoms with Gasteiger partial charge in [-0.2, -0.15) is 0 Å². The van der Waals surface area contributed by atoms with Gasteiger partial charge in [-0.3, -0.25) is 4.79 Å². The average Bonchev–Trinajstić information content (AvgIpc) is 2.18. The zero-order chi connectivity index (χ0) is 11.4. The Morgan fingerprint density at radius 3 is 2.73 bits per heavy atom. The Kier molecular flexibility index (Phi) is 3.90. The van der Waals surface area contributed by atoms with Crippen molar-refractivity contribution in [1.29, 1.82) is 0 Å². The van der Waals surface area contributed by atoms with Crippen molar-refractivity contribution in [1.82, 2.24) is 4.90 Å². The number of hydrogen-bond acceptors (Lipinski definition) is 4. The van der Waals surface area contributed by atoms with Gasteiger partial charge in [0, 0.05) is 13.1 Å². The number of amides is 1. The summed E-state index contributed by atoms with van der Waals surface area (Å²) in [6, 6.07) is 0. The molecule has 0 aromatic rings. The largest absolute Gasteiger partial charge is 0.466 e. The van der Waals surface area contributed by atoms with Crippen LogP contribution in [0, 0.1) is 5.92 Å². The normalized spacial score (nSPS) is 26.1. The Balaban J connectivity index is 2.60. The van der Waals surface area contributed by atoms with Crippen LogP contribution in [-0.4, -0.2) is 53.0 Å². The third-order valence-corrected chi connectivity index (χ3v) is 2.44. The molecule has 0 radical (unpaired) electrons. The van der Waals surface area contributed by atoms with E-state index in [1.54, 1.807) is 6.92 Å². The molecule has 0 aromatic heterocycles. The molecule has 1 heterocycles. The topological polar surface area (TPSA) is 87.1 Å². The Labute approximate surface area is 87.4 Å². The highest BCUT2D eigenvalue weighted by molar-refractivity contribution is 5.75. The molecule has 0 aliphatic carbocycles. The zero-order valence-corrected chi connectivity index (χ0v) is 8.55. The molecule has 1 saturated heterocycles. The Morgan fingerprint density at radius 2 is 2.20 bits per heavy atom. The minimum atomic E-state index is -1.07. The molecule has 0 aromatic carbocycles. The maximum absolute atomic E-state index is 11.4. The van der Waals surface area contributed by atoms with Crippen molar-refractivity contribution in [3.63, 3.8) is 0 Å². The van der Waals surface area contributed by atoms with Gasteiger partial charge in [-0.15, -0.1) is 0 Å². The SMILES string of the molecule is CCOC(=O)C1CN(C(=O)O)CCC1O. The predicted octanol–water partition coefficient (Wildman–Crippen LogP) is -0.0897. The maximum atomic E-state index is 11.4. The van der Waals surface area contributed by atoms with E-state index in [-0.39, 0.29) is 26.1 Å². The van der Waals surface area contributed by atoms with Crippen LogP contribution in [0.2, 0.25) is 0 Å². The van der Waals surface area contributed by atoms with Crippen molar-refractivity contribution in [3.05, 3.63) is 0 Å². The summed E-state index contributed by atoms with van der Waals surface area (Å²) < 4.78 is 4.76. The highest BCUT2D eigenvalue weighted by atomic mass is 16.5. The molecule has 2 unspecified atom stereocenters. The van der Waals surface area contributed by atoms with E-state index in [4.69, 9.17) is 9.84 Å². The second kappa shape index (κ2) is 4.97. The molecule has 2 N–H and O–H groups in total. The maximum Gasteiger partial charge on any atom is 0.407 e. The number of hydrogen-bond donors (Lipinski definition) is 2. The number of piperidine rings is 1. The van der Waals surface area contributed by atoms with Crippen molar-refractivity contribution >= 4 is 12.1 Å². The molecule has 6 nitrogen and oxygen atoms in total. The molecule has 2 atom stereocenters. The number of rotatable bonds is 2. The Morgan fingerprint density at radius 1 is 1.53 bits per heavy atom. The lowest BCUT2D eigenvalue weighted by Crippen LogP contribution is -2.48. The standard InChI is InChI=1S/C9H15NO5/c1-2-15-8(12)6-5-10(9(13)14)4-3-7(6)11/h6-7,11H,2-5H2,1H3,(H,13,14). The third kappa shape index (κ3) is 2.82. The summed E-state index contributed by atoms with van der Waals surface area (Å²) in [5, 5.41) is 18.3. The summed E-state index contributed by atoms with van der Waals surface area (Å²) in [7, 11) is 0. The predicted molar refractivity (Wildman–Crippen MR) is 50.3 cm³/mol. The smallest absolute Gasteiger partial charge is 0.407 e. The van der Waals surface area contributed by atoms with Gasteiger partial charge >= 0.3 is 12.1 Å². The molecule has 15 heavy (non-hydrogen) atoms. The van der Waals surface area contributed by atoms with E-state index >= 15 is 0 Å². The fourth-order valence-corrected chi connectivity index (χ4v) is 1.59. The third-order valence-electron chi connectivity index (χ3n) is 2.44. The van der Waals surface area contributed by atoms with Crippen molar-refractivity contribution in [2.75, 3.05) is 19.7 Å². The molecule has 0 bridgehead atoms. The fourth-order valence-electron chi connectivity index (χ4n) is 1.59. The van der Waals surface area contributed by atoms with E-state index in [2.05, 4.69) is 0 Å². The van der Waals surface area contributed by atoms with E-state index in [1.807, 2.05) is 0 Å². The van der Waals surface area contributed by atoms with Gasteiger partial charge in [-0.25, -0.2) is 4.79 Å². The van der Waals surface area contributed by atoms with Crippen LogP contribution in [0.4, 0.5) is 4.79 Å². The summed E-state index contributed by atoms with van der Waals surface area (Å²) >= 11 is 0. The summed E-state index contributed by atoms with van der Waals surface area (Å²) in [5.41, 5.74) is 0. The second-order valence-corrected chi connectivity index (χ2v) is 3.44. The number of aliphatic hydroxyl groups is 1. The van der Waals surface area contributed by atoms with E-state index in [9.17, 15) is 14.7 Å². The van der Waals surface area contributed by atoms with E-state index in [0.29, 0.717) is 0 Å². The van der Waals surface area contributed by atoms with Crippen LogP contribution in [-0.2, 0) is 9.53 Å². The molecule has 1 fully saturated rings. The highest BCUT2D eigenvalue weighted by Crippen LogP contribution is 2.18. The van der Waals surface area contributed by atoms with Crippen molar-refractivity contribution in [3.8, 4) is 0 Å². The Bertz CT molecular complexity index is 255. The number of carbonyl (C=O) groups excluding carboxylic acids is 1. The van der Waals surface area contributed by atoms with Crippen molar-refractivity contribution in [2.45, 2.75) is 19.4 Å². The lowest BCUT2D eigenvalue weighted by atomic mass is 9.95. The lowest BCUT2D eigenvalue weighted by Gasteiger charge is -2.32. The van der Waals surface area contributed by atoms with Gasteiger partial charge in [0.05, 0.1) is 12.7 Å². The van der Waals surface area contributed by atoms with Crippen LogP contribution in [0.5, 0.6) is 0 Å². The quantitative estimate of drug-likeness (QED) is 0.631. The first kappa shape index (κ1) is 11.8. The molecule has 6 heteroatoms. The molecule has 1 aliphatic rings. The highest BCUT2D eigenvalue weighted by Gasteiger charge is 2.35.